The van der Waals surface area contributed by atoms with Crippen LogP contribution >= 0.6 is 11.3 Å². The van der Waals surface area contributed by atoms with E-state index in [2.05, 4.69) is 0 Å². The van der Waals surface area contributed by atoms with E-state index in [0.717, 1.165) is 28.8 Å². The molecule has 0 saturated carbocycles. The quantitative estimate of drug-likeness (QED) is 0.846. The highest BCUT2D eigenvalue weighted by Crippen LogP contribution is 2.25. The predicted molar refractivity (Wildman–Crippen MR) is 89.2 cm³/mol. The van der Waals surface area contributed by atoms with Crippen LogP contribution in [0.2, 0.25) is 0 Å². The van der Waals surface area contributed by atoms with Gasteiger partial charge < -0.3 is 14.6 Å². The van der Waals surface area contributed by atoms with Gasteiger partial charge in [0.25, 0.3) is 0 Å². The maximum Gasteiger partial charge on any atom is 0.163 e. The smallest absolute Gasteiger partial charge is 0.163 e. The molecule has 2 aromatic rings. The molecule has 1 atom stereocenters. The Balaban J connectivity index is 1.45. The molecule has 0 bridgehead atoms. The summed E-state index contributed by atoms with van der Waals surface area (Å²) in [5, 5.41) is 11.9. The minimum Gasteiger partial charge on any atom is -0.491 e. The summed E-state index contributed by atoms with van der Waals surface area (Å²) >= 11 is 1.63. The SMILES string of the molecule is O=C1CCCc2cc(OCC(O)COCc3cccs3)ccc21. The van der Waals surface area contributed by atoms with Crippen LogP contribution in [0.4, 0.5) is 0 Å². The van der Waals surface area contributed by atoms with Crippen LogP contribution in [0.5, 0.6) is 5.75 Å². The first-order valence-corrected chi connectivity index (χ1v) is 8.67. The lowest BCUT2D eigenvalue weighted by molar-refractivity contribution is 0.00623. The van der Waals surface area contributed by atoms with Crippen LogP contribution in [0.1, 0.15) is 33.6 Å². The van der Waals surface area contributed by atoms with Gasteiger partial charge in [-0.2, -0.15) is 0 Å². The van der Waals surface area contributed by atoms with Crippen molar-refractivity contribution < 1.29 is 19.4 Å². The van der Waals surface area contributed by atoms with E-state index in [4.69, 9.17) is 9.47 Å². The Bertz CT molecular complexity index is 651. The number of carbonyl (C=O) groups is 1. The zero-order valence-corrected chi connectivity index (χ0v) is 13.7. The number of fused-ring (bicyclic) bond motifs is 1. The number of thiophene rings is 1. The van der Waals surface area contributed by atoms with Crippen molar-refractivity contribution in [2.75, 3.05) is 13.2 Å². The number of ketones is 1. The molecule has 23 heavy (non-hydrogen) atoms. The number of ether oxygens (including phenoxy) is 2. The van der Waals surface area contributed by atoms with Gasteiger partial charge in [-0.1, -0.05) is 6.07 Å². The van der Waals surface area contributed by atoms with Gasteiger partial charge in [0.1, 0.15) is 18.5 Å². The van der Waals surface area contributed by atoms with Gasteiger partial charge in [0.2, 0.25) is 0 Å². The average Bonchev–Trinajstić information content (AvgIpc) is 3.06. The molecule has 0 aliphatic heterocycles. The molecule has 1 aromatic heterocycles. The number of hydrogen-bond acceptors (Lipinski definition) is 5. The van der Waals surface area contributed by atoms with Crippen LogP contribution in [0, 0.1) is 0 Å². The number of rotatable bonds is 7. The lowest BCUT2D eigenvalue weighted by atomic mass is 9.90. The molecule has 5 heteroatoms. The molecule has 0 radical (unpaired) electrons. The van der Waals surface area contributed by atoms with Gasteiger partial charge in [-0.15, -0.1) is 11.3 Å². The summed E-state index contributed by atoms with van der Waals surface area (Å²) in [4.78, 5) is 12.9. The Labute approximate surface area is 139 Å². The highest BCUT2D eigenvalue weighted by Gasteiger charge is 2.17. The van der Waals surface area contributed by atoms with Gasteiger partial charge >= 0.3 is 0 Å². The molecule has 1 heterocycles. The van der Waals surface area contributed by atoms with Crippen molar-refractivity contribution in [1.82, 2.24) is 0 Å². The number of Topliss-reactive ketones (excluding diaryl/α,β-unsaturated/α-hetero) is 1. The van der Waals surface area contributed by atoms with Crippen LogP contribution in [-0.4, -0.2) is 30.2 Å². The number of aryl methyl sites for hydroxylation is 1. The van der Waals surface area contributed by atoms with E-state index in [1.165, 1.54) is 0 Å². The molecule has 0 saturated heterocycles. The molecule has 1 aliphatic carbocycles. The Kier molecular flexibility index (Phi) is 5.43. The fourth-order valence-electron chi connectivity index (χ4n) is 2.64. The number of benzene rings is 1. The standard InChI is InChI=1S/C18H20O4S/c19-14(10-21-12-16-4-2-8-23-16)11-22-15-6-7-17-13(9-15)3-1-5-18(17)20/h2,4,6-9,14,19H,1,3,5,10-12H2. The normalized spacial score (nSPS) is 15.3. The number of hydrogen-bond donors (Lipinski definition) is 1. The molecule has 0 spiro atoms. The lowest BCUT2D eigenvalue weighted by Crippen LogP contribution is -2.23. The summed E-state index contributed by atoms with van der Waals surface area (Å²) in [6.45, 7) is 0.925. The Morgan fingerprint density at radius 3 is 2.96 bits per heavy atom. The molecule has 1 N–H and O–H groups in total. The van der Waals surface area contributed by atoms with Crippen molar-refractivity contribution in [1.29, 1.82) is 0 Å². The van der Waals surface area contributed by atoms with Gasteiger partial charge in [0, 0.05) is 16.9 Å². The summed E-state index contributed by atoms with van der Waals surface area (Å²) in [7, 11) is 0. The minimum atomic E-state index is -0.673. The van der Waals surface area contributed by atoms with Crippen molar-refractivity contribution in [2.24, 2.45) is 0 Å². The van der Waals surface area contributed by atoms with Crippen LogP contribution < -0.4 is 4.74 Å². The third kappa shape index (κ3) is 4.41. The third-order valence-electron chi connectivity index (χ3n) is 3.80. The van der Waals surface area contributed by atoms with E-state index in [0.29, 0.717) is 18.8 Å². The summed E-state index contributed by atoms with van der Waals surface area (Å²) in [5.74, 6) is 0.899. The largest absolute Gasteiger partial charge is 0.491 e. The fraction of sp³-hybridized carbons (Fsp3) is 0.389. The van der Waals surface area contributed by atoms with E-state index in [1.807, 2.05) is 29.6 Å². The lowest BCUT2D eigenvalue weighted by Gasteiger charge is -2.17. The fourth-order valence-corrected chi connectivity index (χ4v) is 3.28. The third-order valence-corrected chi connectivity index (χ3v) is 4.65. The van der Waals surface area contributed by atoms with Gasteiger partial charge in [-0.05, 0) is 48.1 Å². The second-order valence-electron chi connectivity index (χ2n) is 5.66. The van der Waals surface area contributed by atoms with Gasteiger partial charge in [-0.25, -0.2) is 0 Å². The molecule has 4 nitrogen and oxygen atoms in total. The van der Waals surface area contributed by atoms with Crippen molar-refractivity contribution in [3.05, 3.63) is 51.7 Å². The Morgan fingerprint density at radius 2 is 2.13 bits per heavy atom. The number of aliphatic hydroxyl groups is 1. The summed E-state index contributed by atoms with van der Waals surface area (Å²) in [6, 6.07) is 9.50. The van der Waals surface area contributed by atoms with E-state index >= 15 is 0 Å². The first-order valence-electron chi connectivity index (χ1n) is 7.79. The number of aliphatic hydroxyl groups excluding tert-OH is 1. The molecular formula is C18H20O4S. The molecule has 0 amide bonds. The van der Waals surface area contributed by atoms with Crippen LogP contribution in [0.25, 0.3) is 0 Å². The van der Waals surface area contributed by atoms with Gasteiger partial charge in [-0.3, -0.25) is 4.79 Å². The van der Waals surface area contributed by atoms with Crippen molar-refractivity contribution in [3.8, 4) is 5.75 Å². The van der Waals surface area contributed by atoms with Crippen LogP contribution in [0.15, 0.2) is 35.7 Å². The topological polar surface area (TPSA) is 55.8 Å². The van der Waals surface area contributed by atoms with Crippen molar-refractivity contribution >= 4 is 17.1 Å². The van der Waals surface area contributed by atoms with Crippen molar-refractivity contribution in [2.45, 2.75) is 32.0 Å². The van der Waals surface area contributed by atoms with E-state index in [9.17, 15) is 9.90 Å². The summed E-state index contributed by atoms with van der Waals surface area (Å²) < 4.78 is 11.1. The molecule has 1 aliphatic rings. The molecule has 1 unspecified atom stereocenters. The van der Waals surface area contributed by atoms with E-state index in [-0.39, 0.29) is 19.0 Å². The molecular weight excluding hydrogens is 312 g/mol. The molecule has 1 aromatic carbocycles. The average molecular weight is 332 g/mol. The first-order chi connectivity index (χ1) is 11.2. The highest BCUT2D eigenvalue weighted by atomic mass is 32.1. The van der Waals surface area contributed by atoms with Crippen LogP contribution in [0.3, 0.4) is 0 Å². The van der Waals surface area contributed by atoms with Crippen molar-refractivity contribution in [3.63, 3.8) is 0 Å². The zero-order chi connectivity index (χ0) is 16.1. The molecule has 0 fully saturated rings. The predicted octanol–water partition coefficient (Wildman–Crippen LogP) is 3.22. The number of carbonyl (C=O) groups excluding carboxylic acids is 1. The Hall–Kier alpha value is -1.69. The minimum absolute atomic E-state index is 0.178. The molecule has 3 rings (SSSR count). The monoisotopic (exact) mass is 332 g/mol. The second kappa shape index (κ2) is 7.73. The molecule has 122 valence electrons. The maximum atomic E-state index is 11.8. The van der Waals surface area contributed by atoms with E-state index < -0.39 is 6.10 Å². The zero-order valence-electron chi connectivity index (χ0n) is 12.9. The first kappa shape index (κ1) is 16.2. The van der Waals surface area contributed by atoms with E-state index in [1.54, 1.807) is 17.4 Å². The second-order valence-corrected chi connectivity index (χ2v) is 6.69. The summed E-state index contributed by atoms with van der Waals surface area (Å²) in [6.07, 6.45) is 1.76. The highest BCUT2D eigenvalue weighted by molar-refractivity contribution is 7.09. The van der Waals surface area contributed by atoms with Gasteiger partial charge in [0.15, 0.2) is 5.78 Å². The van der Waals surface area contributed by atoms with Crippen LogP contribution in [-0.2, 0) is 17.8 Å². The van der Waals surface area contributed by atoms with Gasteiger partial charge in [0.05, 0.1) is 13.2 Å². The Morgan fingerprint density at radius 1 is 1.22 bits per heavy atom. The maximum absolute atomic E-state index is 11.8. The summed E-state index contributed by atoms with van der Waals surface area (Å²) in [5.41, 5.74) is 1.85.